The molecule has 3 aromatic rings. The molecule has 4 rings (SSSR count). The lowest BCUT2D eigenvalue weighted by atomic mass is 10.0. The first-order valence-electron chi connectivity index (χ1n) is 8.56. The molecule has 1 fully saturated rings. The second kappa shape index (κ2) is 6.77. The van der Waals surface area contributed by atoms with Crippen LogP contribution in [0.25, 0.3) is 11.0 Å². The predicted octanol–water partition coefficient (Wildman–Crippen LogP) is 3.96. The zero-order valence-corrected chi connectivity index (χ0v) is 15.1. The Balaban J connectivity index is 1.60. The number of benzene rings is 1. The number of likely N-dealkylation sites (tertiary alicyclic amines) is 1. The fraction of sp³-hybridized carbons (Fsp3) is 0.333. The van der Waals surface area contributed by atoms with Gasteiger partial charge >= 0.3 is 6.03 Å². The number of fused-ring (bicyclic) bond motifs is 1. The lowest BCUT2D eigenvalue weighted by molar-refractivity contribution is 0.160. The molecule has 0 radical (unpaired) electrons. The third-order valence-corrected chi connectivity index (χ3v) is 5.54. The molecule has 1 unspecified atom stereocenters. The predicted molar refractivity (Wildman–Crippen MR) is 100.0 cm³/mol. The summed E-state index contributed by atoms with van der Waals surface area (Å²) in [6.07, 6.45) is 2.87. The van der Waals surface area contributed by atoms with Gasteiger partial charge in [0.1, 0.15) is 22.5 Å². The van der Waals surface area contributed by atoms with Gasteiger partial charge < -0.3 is 9.88 Å². The topological polar surface area (TPSA) is 97.7 Å². The first-order valence-corrected chi connectivity index (χ1v) is 9.33. The number of H-pyrrole nitrogens is 1. The van der Waals surface area contributed by atoms with Crippen LogP contribution in [0, 0.1) is 18.3 Å². The van der Waals surface area contributed by atoms with Gasteiger partial charge in [0.05, 0.1) is 22.8 Å². The highest BCUT2D eigenvalue weighted by atomic mass is 32.1. The Morgan fingerprint density at radius 3 is 3.08 bits per heavy atom. The van der Waals surface area contributed by atoms with Crippen LogP contribution < -0.4 is 5.32 Å². The van der Waals surface area contributed by atoms with Crippen molar-refractivity contribution in [3.8, 4) is 6.07 Å². The third kappa shape index (κ3) is 2.91. The Morgan fingerprint density at radius 1 is 1.42 bits per heavy atom. The highest BCUT2D eigenvalue weighted by Gasteiger charge is 2.31. The Bertz CT molecular complexity index is 968. The summed E-state index contributed by atoms with van der Waals surface area (Å²) < 4.78 is 4.16. The number of aromatic nitrogens is 3. The van der Waals surface area contributed by atoms with Gasteiger partial charge in [0.2, 0.25) is 0 Å². The SMILES string of the molecule is Cc1nsc(NC(=O)N2CCCCC2c2nc3ccccc3[nH]2)c1C#N. The number of aryl methyl sites for hydroxylation is 1. The Hall–Kier alpha value is -2.92. The molecule has 2 amide bonds. The molecule has 0 bridgehead atoms. The number of nitrogens with one attached hydrogen (secondary N) is 2. The highest BCUT2D eigenvalue weighted by molar-refractivity contribution is 7.10. The van der Waals surface area contributed by atoms with Crippen LogP contribution in [-0.2, 0) is 0 Å². The van der Waals surface area contributed by atoms with Crippen molar-refractivity contribution in [2.75, 3.05) is 11.9 Å². The number of hydrogen-bond donors (Lipinski definition) is 2. The molecule has 0 saturated carbocycles. The summed E-state index contributed by atoms with van der Waals surface area (Å²) in [5, 5.41) is 12.6. The van der Waals surface area contributed by atoms with Crippen molar-refractivity contribution in [2.24, 2.45) is 0 Å². The van der Waals surface area contributed by atoms with Crippen LogP contribution >= 0.6 is 11.5 Å². The monoisotopic (exact) mass is 366 g/mol. The molecule has 0 spiro atoms. The van der Waals surface area contributed by atoms with Crippen LogP contribution in [0.15, 0.2) is 24.3 Å². The molecule has 1 aromatic carbocycles. The molecular weight excluding hydrogens is 348 g/mol. The van der Waals surface area contributed by atoms with Crippen LogP contribution in [0.1, 0.15) is 42.4 Å². The highest BCUT2D eigenvalue weighted by Crippen LogP contribution is 2.32. The molecule has 2 aromatic heterocycles. The van der Waals surface area contributed by atoms with Gasteiger partial charge in [-0.15, -0.1) is 0 Å². The van der Waals surface area contributed by atoms with Crippen molar-refractivity contribution >= 4 is 33.6 Å². The minimum absolute atomic E-state index is 0.101. The Morgan fingerprint density at radius 2 is 2.27 bits per heavy atom. The minimum atomic E-state index is -0.213. The van der Waals surface area contributed by atoms with Gasteiger partial charge in [0.15, 0.2) is 0 Å². The van der Waals surface area contributed by atoms with Crippen molar-refractivity contribution in [2.45, 2.75) is 32.2 Å². The van der Waals surface area contributed by atoms with E-state index in [1.165, 1.54) is 0 Å². The van der Waals surface area contributed by atoms with Crippen LogP contribution in [0.2, 0.25) is 0 Å². The second-order valence-electron chi connectivity index (χ2n) is 6.36. The number of carbonyl (C=O) groups excluding carboxylic acids is 1. The molecule has 1 atom stereocenters. The number of nitrogens with zero attached hydrogens (tertiary/aromatic N) is 4. The third-order valence-electron chi connectivity index (χ3n) is 4.68. The van der Waals surface area contributed by atoms with Gasteiger partial charge in [0, 0.05) is 6.54 Å². The number of anilines is 1. The number of piperidine rings is 1. The lowest BCUT2D eigenvalue weighted by Crippen LogP contribution is -2.41. The summed E-state index contributed by atoms with van der Waals surface area (Å²) in [5.41, 5.74) is 2.94. The molecular formula is C18H18N6OS. The first-order chi connectivity index (χ1) is 12.7. The quantitative estimate of drug-likeness (QED) is 0.717. The van der Waals surface area contributed by atoms with E-state index < -0.39 is 0 Å². The van der Waals surface area contributed by atoms with E-state index in [1.807, 2.05) is 24.3 Å². The summed E-state index contributed by atoms with van der Waals surface area (Å²) in [5.74, 6) is 0.807. The van der Waals surface area contributed by atoms with Gasteiger partial charge in [-0.3, -0.25) is 5.32 Å². The largest absolute Gasteiger partial charge is 0.340 e. The van der Waals surface area contributed by atoms with E-state index in [-0.39, 0.29) is 12.1 Å². The van der Waals surface area contributed by atoms with Crippen LogP contribution in [0.4, 0.5) is 9.80 Å². The minimum Gasteiger partial charge on any atom is -0.340 e. The summed E-state index contributed by atoms with van der Waals surface area (Å²) in [6, 6.07) is 9.66. The number of para-hydroxylation sites is 2. The summed E-state index contributed by atoms with van der Waals surface area (Å²) in [4.78, 5) is 22.7. The number of urea groups is 1. The average Bonchev–Trinajstić information content (AvgIpc) is 3.25. The zero-order chi connectivity index (χ0) is 18.1. The van der Waals surface area contributed by atoms with E-state index in [0.29, 0.717) is 22.8 Å². The molecule has 7 nitrogen and oxygen atoms in total. The van der Waals surface area contributed by atoms with Gasteiger partial charge in [-0.2, -0.15) is 9.64 Å². The standard InChI is InChI=1S/C18H18N6OS/c1-11-12(10-19)17(26-23-11)22-18(25)24-9-5-4-8-15(24)16-20-13-6-2-3-7-14(13)21-16/h2-3,6-7,15H,4-5,8-9H2,1H3,(H,20,21)(H,22,25). The normalized spacial score (nSPS) is 17.2. The van der Waals surface area contributed by atoms with E-state index in [1.54, 1.807) is 11.8 Å². The Labute approximate surface area is 154 Å². The summed E-state index contributed by atoms with van der Waals surface area (Å²) in [6.45, 7) is 2.43. The Kier molecular flexibility index (Phi) is 4.31. The van der Waals surface area contributed by atoms with Crippen LogP contribution in [-0.4, -0.2) is 31.8 Å². The number of carbonyl (C=O) groups is 1. The number of hydrogen-bond acceptors (Lipinski definition) is 5. The smallest absolute Gasteiger partial charge is 0.323 e. The number of nitriles is 1. The van der Waals surface area contributed by atoms with Gasteiger partial charge in [0.25, 0.3) is 0 Å². The number of rotatable bonds is 2. The number of aromatic amines is 1. The fourth-order valence-corrected chi connectivity index (χ4v) is 4.08. The maximum Gasteiger partial charge on any atom is 0.323 e. The molecule has 2 N–H and O–H groups in total. The van der Waals surface area contributed by atoms with E-state index in [2.05, 4.69) is 25.7 Å². The van der Waals surface area contributed by atoms with E-state index >= 15 is 0 Å². The van der Waals surface area contributed by atoms with Crippen molar-refractivity contribution < 1.29 is 4.79 Å². The van der Waals surface area contributed by atoms with Gasteiger partial charge in [-0.05, 0) is 49.9 Å². The van der Waals surface area contributed by atoms with Gasteiger partial charge in [-0.25, -0.2) is 9.78 Å². The second-order valence-corrected chi connectivity index (χ2v) is 7.13. The fourth-order valence-electron chi connectivity index (χ4n) is 3.34. The van der Waals surface area contributed by atoms with E-state index in [4.69, 9.17) is 0 Å². The van der Waals surface area contributed by atoms with Crippen molar-refractivity contribution in [1.82, 2.24) is 19.2 Å². The maximum absolute atomic E-state index is 12.9. The molecule has 0 aliphatic carbocycles. The summed E-state index contributed by atoms with van der Waals surface area (Å²) in [7, 11) is 0. The van der Waals surface area contributed by atoms with Crippen molar-refractivity contribution in [3.63, 3.8) is 0 Å². The molecule has 3 heterocycles. The lowest BCUT2D eigenvalue weighted by Gasteiger charge is -2.34. The molecule has 132 valence electrons. The molecule has 1 saturated heterocycles. The van der Waals surface area contributed by atoms with E-state index in [9.17, 15) is 10.1 Å². The van der Waals surface area contributed by atoms with Crippen molar-refractivity contribution in [3.05, 3.63) is 41.3 Å². The maximum atomic E-state index is 12.9. The van der Waals surface area contributed by atoms with Crippen molar-refractivity contribution in [1.29, 1.82) is 5.26 Å². The van der Waals surface area contributed by atoms with Crippen LogP contribution in [0.5, 0.6) is 0 Å². The number of imidazole rings is 1. The van der Waals surface area contributed by atoms with Crippen LogP contribution in [0.3, 0.4) is 0 Å². The van der Waals surface area contributed by atoms with Gasteiger partial charge in [-0.1, -0.05) is 12.1 Å². The first kappa shape index (κ1) is 16.5. The number of amides is 2. The molecule has 8 heteroatoms. The molecule has 1 aliphatic heterocycles. The average molecular weight is 366 g/mol. The summed E-state index contributed by atoms with van der Waals surface area (Å²) >= 11 is 1.14. The molecule has 1 aliphatic rings. The molecule has 26 heavy (non-hydrogen) atoms. The van der Waals surface area contributed by atoms with E-state index in [0.717, 1.165) is 47.7 Å². The zero-order valence-electron chi connectivity index (χ0n) is 14.3.